The van der Waals surface area contributed by atoms with Gasteiger partial charge in [0.25, 0.3) is 0 Å². The minimum atomic E-state index is -1.16. The SMILES string of the molecule is Cc1ccnn2nc(C3CC3)c(C(=O)[O-])c12.[K+]. The number of rotatable bonds is 2. The molecule has 0 unspecified atom stereocenters. The molecule has 0 spiro atoms. The number of aromatic nitrogens is 3. The van der Waals surface area contributed by atoms with Gasteiger partial charge < -0.3 is 9.90 Å². The molecule has 0 N–H and O–H groups in total. The van der Waals surface area contributed by atoms with E-state index in [1.807, 2.05) is 6.92 Å². The fourth-order valence-electron chi connectivity index (χ4n) is 1.99. The minimum Gasteiger partial charge on any atom is -0.545 e. The van der Waals surface area contributed by atoms with Crippen molar-refractivity contribution in [1.29, 1.82) is 0 Å². The summed E-state index contributed by atoms with van der Waals surface area (Å²) in [6.45, 7) is 1.85. The molecule has 2 aromatic heterocycles. The Labute approximate surface area is 141 Å². The molecule has 6 heteroatoms. The Kier molecular flexibility index (Phi) is 3.70. The molecule has 0 aromatic carbocycles. The summed E-state index contributed by atoms with van der Waals surface area (Å²) < 4.78 is 1.40. The maximum atomic E-state index is 11.2. The molecule has 1 aliphatic carbocycles. The summed E-state index contributed by atoms with van der Waals surface area (Å²) in [5, 5.41) is 19.5. The van der Waals surface area contributed by atoms with E-state index in [0.717, 1.165) is 18.4 Å². The van der Waals surface area contributed by atoms with Crippen LogP contribution >= 0.6 is 0 Å². The van der Waals surface area contributed by atoms with Crippen LogP contribution in [0.5, 0.6) is 0 Å². The fraction of sp³-hybridized carbons (Fsp3) is 0.364. The van der Waals surface area contributed by atoms with Crippen LogP contribution in [0.15, 0.2) is 12.3 Å². The van der Waals surface area contributed by atoms with Crippen LogP contribution in [-0.4, -0.2) is 20.8 Å². The Morgan fingerprint density at radius 1 is 1.53 bits per heavy atom. The minimum absolute atomic E-state index is 0. The van der Waals surface area contributed by atoms with Crippen LogP contribution in [0.3, 0.4) is 0 Å². The number of aryl methyl sites for hydroxylation is 1. The monoisotopic (exact) mass is 255 g/mol. The van der Waals surface area contributed by atoms with E-state index < -0.39 is 5.97 Å². The third-order valence-corrected chi connectivity index (χ3v) is 2.94. The van der Waals surface area contributed by atoms with Gasteiger partial charge in [0.2, 0.25) is 0 Å². The smallest absolute Gasteiger partial charge is 0.545 e. The first-order valence-corrected chi connectivity index (χ1v) is 5.24. The third kappa shape index (κ3) is 2.20. The quantitative estimate of drug-likeness (QED) is 0.547. The zero-order chi connectivity index (χ0) is 11.3. The number of hydrogen-bond acceptors (Lipinski definition) is 4. The number of aromatic carboxylic acids is 1. The molecule has 2 heterocycles. The van der Waals surface area contributed by atoms with Crippen molar-refractivity contribution in [1.82, 2.24) is 14.8 Å². The van der Waals surface area contributed by atoms with Crippen molar-refractivity contribution in [2.45, 2.75) is 25.7 Å². The fourth-order valence-corrected chi connectivity index (χ4v) is 1.99. The summed E-state index contributed by atoms with van der Waals surface area (Å²) in [6, 6.07) is 1.78. The van der Waals surface area contributed by atoms with Crippen LogP contribution in [0.1, 0.15) is 40.4 Å². The molecule has 1 saturated carbocycles. The van der Waals surface area contributed by atoms with E-state index >= 15 is 0 Å². The summed E-state index contributed by atoms with van der Waals surface area (Å²) >= 11 is 0. The summed E-state index contributed by atoms with van der Waals surface area (Å²) in [4.78, 5) is 11.2. The van der Waals surface area contributed by atoms with Crippen LogP contribution in [-0.2, 0) is 0 Å². The van der Waals surface area contributed by atoms with Gasteiger partial charge in [0, 0.05) is 17.7 Å². The topological polar surface area (TPSA) is 70.3 Å². The largest absolute Gasteiger partial charge is 1.00 e. The van der Waals surface area contributed by atoms with Crippen LogP contribution < -0.4 is 56.5 Å². The maximum absolute atomic E-state index is 11.2. The van der Waals surface area contributed by atoms with E-state index in [-0.39, 0.29) is 62.9 Å². The van der Waals surface area contributed by atoms with Gasteiger partial charge in [-0.15, -0.1) is 0 Å². The molecule has 1 fully saturated rings. The Balaban J connectivity index is 0.00000108. The van der Waals surface area contributed by atoms with Crippen molar-refractivity contribution in [3.05, 3.63) is 29.1 Å². The van der Waals surface area contributed by atoms with Gasteiger partial charge in [0.15, 0.2) is 0 Å². The normalized spacial score (nSPS) is 14.6. The molecule has 0 amide bonds. The van der Waals surface area contributed by atoms with E-state index in [1.54, 1.807) is 12.3 Å². The van der Waals surface area contributed by atoms with E-state index in [9.17, 15) is 9.90 Å². The van der Waals surface area contributed by atoms with Gasteiger partial charge in [0.1, 0.15) is 0 Å². The van der Waals surface area contributed by atoms with E-state index in [0.29, 0.717) is 11.2 Å². The number of carbonyl (C=O) groups excluding carboxylic acids is 1. The summed E-state index contributed by atoms with van der Waals surface area (Å²) in [5.74, 6) is -0.887. The van der Waals surface area contributed by atoms with Gasteiger partial charge in [-0.1, -0.05) is 0 Å². The molecule has 5 nitrogen and oxygen atoms in total. The molecular formula is C11H10KN3O2. The Bertz CT molecular complexity index is 590. The molecule has 0 atom stereocenters. The van der Waals surface area contributed by atoms with Crippen LogP contribution in [0.2, 0.25) is 0 Å². The summed E-state index contributed by atoms with van der Waals surface area (Å²) in [6.07, 6.45) is 3.62. The second kappa shape index (κ2) is 4.77. The van der Waals surface area contributed by atoms with Gasteiger partial charge in [-0.25, -0.2) is 0 Å². The first-order valence-electron chi connectivity index (χ1n) is 5.24. The number of fused-ring (bicyclic) bond motifs is 1. The Morgan fingerprint density at radius 3 is 2.82 bits per heavy atom. The first-order chi connectivity index (χ1) is 7.68. The summed E-state index contributed by atoms with van der Waals surface area (Å²) in [7, 11) is 0. The number of nitrogens with zero attached hydrogens (tertiary/aromatic N) is 3. The molecular weight excluding hydrogens is 245 g/mol. The third-order valence-electron chi connectivity index (χ3n) is 2.94. The number of hydrogen-bond donors (Lipinski definition) is 0. The van der Waals surface area contributed by atoms with E-state index in [1.165, 1.54) is 4.63 Å². The Hall–Kier alpha value is -0.274. The second-order valence-electron chi connectivity index (χ2n) is 4.17. The second-order valence-corrected chi connectivity index (χ2v) is 4.17. The molecule has 0 radical (unpaired) electrons. The van der Waals surface area contributed by atoms with Gasteiger partial charge in [0.05, 0.1) is 17.2 Å². The van der Waals surface area contributed by atoms with E-state index in [4.69, 9.17) is 0 Å². The molecule has 17 heavy (non-hydrogen) atoms. The zero-order valence-corrected chi connectivity index (χ0v) is 12.9. The number of carboxylic acids is 1. The molecule has 2 aromatic rings. The summed E-state index contributed by atoms with van der Waals surface area (Å²) in [5.41, 5.74) is 2.26. The van der Waals surface area contributed by atoms with Crippen molar-refractivity contribution in [3.8, 4) is 0 Å². The zero-order valence-electron chi connectivity index (χ0n) is 9.80. The standard InChI is InChI=1S/C11H11N3O2.K/c1-6-4-5-12-14-10(6)8(11(15)16)9(13-14)7-2-3-7;/h4-5,7H,2-3H2,1H3,(H,15,16);/q;+1/p-1. The molecule has 0 saturated heterocycles. The molecule has 1 aliphatic rings. The van der Waals surface area contributed by atoms with Crippen molar-refractivity contribution in [3.63, 3.8) is 0 Å². The van der Waals surface area contributed by atoms with Crippen molar-refractivity contribution in [2.75, 3.05) is 0 Å². The van der Waals surface area contributed by atoms with Gasteiger partial charge in [-0.2, -0.15) is 14.8 Å². The van der Waals surface area contributed by atoms with Gasteiger partial charge in [-0.05, 0) is 31.4 Å². The molecule has 0 bridgehead atoms. The predicted octanol–water partition coefficient (Wildman–Crippen LogP) is -2.72. The van der Waals surface area contributed by atoms with Crippen molar-refractivity contribution >= 4 is 11.5 Å². The van der Waals surface area contributed by atoms with Gasteiger partial charge >= 0.3 is 51.4 Å². The van der Waals surface area contributed by atoms with Crippen molar-refractivity contribution in [2.24, 2.45) is 0 Å². The average molecular weight is 255 g/mol. The van der Waals surface area contributed by atoms with Crippen molar-refractivity contribution < 1.29 is 61.3 Å². The molecule has 3 rings (SSSR count). The number of carbonyl (C=O) groups is 1. The van der Waals surface area contributed by atoms with Crippen LogP contribution in [0.4, 0.5) is 0 Å². The van der Waals surface area contributed by atoms with Gasteiger partial charge in [-0.3, -0.25) is 0 Å². The molecule has 0 aliphatic heterocycles. The Morgan fingerprint density at radius 2 is 2.24 bits per heavy atom. The number of carboxylic acid groups (broad SMARTS) is 1. The average Bonchev–Trinajstić information content (AvgIpc) is 2.99. The predicted molar refractivity (Wildman–Crippen MR) is 54.0 cm³/mol. The molecule has 82 valence electrons. The van der Waals surface area contributed by atoms with Crippen LogP contribution in [0.25, 0.3) is 5.52 Å². The maximum Gasteiger partial charge on any atom is 1.00 e. The van der Waals surface area contributed by atoms with E-state index in [2.05, 4.69) is 10.2 Å². The van der Waals surface area contributed by atoms with Crippen LogP contribution in [0, 0.1) is 6.92 Å². The first kappa shape index (κ1) is 13.2.